The number of piperidine rings is 2. The number of carbonyl (C=O) groups is 1. The van der Waals surface area contributed by atoms with Gasteiger partial charge in [0.25, 0.3) is 5.91 Å². The Morgan fingerprint density at radius 3 is 2.71 bits per heavy atom. The van der Waals surface area contributed by atoms with Crippen LogP contribution in [-0.2, 0) is 20.1 Å². The van der Waals surface area contributed by atoms with Gasteiger partial charge in [-0.2, -0.15) is 5.10 Å². The van der Waals surface area contributed by atoms with Crippen LogP contribution in [0.4, 0.5) is 0 Å². The number of aromatic nitrogens is 5. The van der Waals surface area contributed by atoms with E-state index in [2.05, 4.69) is 31.8 Å². The molecule has 2 aliphatic heterocycles. The van der Waals surface area contributed by atoms with Crippen molar-refractivity contribution in [2.75, 3.05) is 26.2 Å². The minimum atomic E-state index is 0.0695. The molecule has 1 atom stereocenters. The first-order valence-electron chi connectivity index (χ1n) is 10.6. The molecule has 0 aromatic carbocycles. The van der Waals surface area contributed by atoms with Crippen LogP contribution in [0.2, 0.25) is 0 Å². The van der Waals surface area contributed by atoms with Crippen molar-refractivity contribution in [1.82, 2.24) is 34.3 Å². The SMILES string of the molecule is CCn1cc(C(=O)N2CCC[C@H](c3nnc(CN4CCCCC4)n3C)C2)cn1. The summed E-state index contributed by atoms with van der Waals surface area (Å²) in [6.07, 6.45) is 9.45. The normalized spacial score (nSPS) is 21.2. The predicted octanol–water partition coefficient (Wildman–Crippen LogP) is 2.04. The lowest BCUT2D eigenvalue weighted by Gasteiger charge is -2.32. The van der Waals surface area contributed by atoms with Gasteiger partial charge in [0.1, 0.15) is 11.6 Å². The molecule has 4 rings (SSSR count). The summed E-state index contributed by atoms with van der Waals surface area (Å²) in [5, 5.41) is 13.2. The molecular weight excluding hydrogens is 354 g/mol. The van der Waals surface area contributed by atoms with Gasteiger partial charge in [-0.1, -0.05) is 6.42 Å². The van der Waals surface area contributed by atoms with Gasteiger partial charge in [-0.3, -0.25) is 14.4 Å². The maximum absolute atomic E-state index is 12.9. The standard InChI is InChI=1S/C20H31N7O/c1-3-27-14-17(12-21-27)20(28)26-11-7-8-16(13-26)19-23-22-18(24(19)2)15-25-9-5-4-6-10-25/h12,14,16H,3-11,13,15H2,1-2H3/t16-/m0/s1. The van der Waals surface area contributed by atoms with Gasteiger partial charge in [0, 0.05) is 38.8 Å². The molecule has 4 heterocycles. The van der Waals surface area contributed by atoms with E-state index in [9.17, 15) is 4.79 Å². The second kappa shape index (κ2) is 8.43. The number of rotatable bonds is 5. The first-order chi connectivity index (χ1) is 13.7. The van der Waals surface area contributed by atoms with Crippen molar-refractivity contribution >= 4 is 5.91 Å². The van der Waals surface area contributed by atoms with E-state index >= 15 is 0 Å². The van der Waals surface area contributed by atoms with Crippen LogP contribution < -0.4 is 0 Å². The summed E-state index contributed by atoms with van der Waals surface area (Å²) in [6, 6.07) is 0. The molecular formula is C20H31N7O. The van der Waals surface area contributed by atoms with E-state index in [4.69, 9.17) is 0 Å². The Morgan fingerprint density at radius 1 is 1.14 bits per heavy atom. The molecule has 8 nitrogen and oxygen atoms in total. The van der Waals surface area contributed by atoms with Crippen LogP contribution in [0.5, 0.6) is 0 Å². The molecule has 0 unspecified atom stereocenters. The van der Waals surface area contributed by atoms with Crippen molar-refractivity contribution in [2.24, 2.45) is 7.05 Å². The fourth-order valence-corrected chi connectivity index (χ4v) is 4.39. The van der Waals surface area contributed by atoms with Crippen LogP contribution in [0.25, 0.3) is 0 Å². The minimum Gasteiger partial charge on any atom is -0.338 e. The number of amides is 1. The summed E-state index contributed by atoms with van der Waals surface area (Å²) >= 11 is 0. The quantitative estimate of drug-likeness (QED) is 0.788. The predicted molar refractivity (Wildman–Crippen MR) is 106 cm³/mol. The number of aryl methyl sites for hydroxylation is 1. The first kappa shape index (κ1) is 19.1. The molecule has 0 N–H and O–H groups in total. The summed E-state index contributed by atoms with van der Waals surface area (Å²) in [5.41, 5.74) is 0.672. The number of likely N-dealkylation sites (tertiary alicyclic amines) is 2. The summed E-state index contributed by atoms with van der Waals surface area (Å²) in [6.45, 7) is 7.47. The van der Waals surface area contributed by atoms with Crippen LogP contribution in [0.15, 0.2) is 12.4 Å². The molecule has 2 fully saturated rings. The Labute approximate surface area is 166 Å². The van der Waals surface area contributed by atoms with Crippen molar-refractivity contribution in [3.05, 3.63) is 29.6 Å². The smallest absolute Gasteiger partial charge is 0.257 e. The third kappa shape index (κ3) is 3.97. The van der Waals surface area contributed by atoms with E-state index in [1.807, 2.05) is 18.0 Å². The fraction of sp³-hybridized carbons (Fsp3) is 0.700. The van der Waals surface area contributed by atoms with Crippen LogP contribution in [0, 0.1) is 0 Å². The second-order valence-electron chi connectivity index (χ2n) is 8.05. The van der Waals surface area contributed by atoms with Gasteiger partial charge >= 0.3 is 0 Å². The van der Waals surface area contributed by atoms with Crippen molar-refractivity contribution in [2.45, 2.75) is 58.0 Å². The molecule has 2 aromatic heterocycles. The summed E-state index contributed by atoms with van der Waals surface area (Å²) < 4.78 is 3.95. The van der Waals surface area contributed by atoms with E-state index in [-0.39, 0.29) is 11.8 Å². The van der Waals surface area contributed by atoms with E-state index in [1.165, 1.54) is 19.3 Å². The highest BCUT2D eigenvalue weighted by Crippen LogP contribution is 2.27. The van der Waals surface area contributed by atoms with E-state index in [0.29, 0.717) is 12.1 Å². The maximum Gasteiger partial charge on any atom is 0.257 e. The highest BCUT2D eigenvalue weighted by Gasteiger charge is 2.29. The monoisotopic (exact) mass is 385 g/mol. The molecule has 0 bridgehead atoms. The minimum absolute atomic E-state index is 0.0695. The Balaban J connectivity index is 1.43. The van der Waals surface area contributed by atoms with Crippen molar-refractivity contribution in [3.8, 4) is 0 Å². The molecule has 2 aromatic rings. The number of carbonyl (C=O) groups excluding carboxylic acids is 1. The highest BCUT2D eigenvalue weighted by molar-refractivity contribution is 5.93. The molecule has 28 heavy (non-hydrogen) atoms. The molecule has 1 amide bonds. The maximum atomic E-state index is 12.9. The fourth-order valence-electron chi connectivity index (χ4n) is 4.39. The second-order valence-corrected chi connectivity index (χ2v) is 8.05. The van der Waals surface area contributed by atoms with Crippen molar-refractivity contribution in [3.63, 3.8) is 0 Å². The molecule has 0 radical (unpaired) electrons. The lowest BCUT2D eigenvalue weighted by atomic mass is 9.96. The van der Waals surface area contributed by atoms with Gasteiger partial charge in [0.2, 0.25) is 0 Å². The molecule has 2 aliphatic rings. The summed E-state index contributed by atoms with van der Waals surface area (Å²) in [5.74, 6) is 2.35. The van der Waals surface area contributed by atoms with Gasteiger partial charge in [-0.05, 0) is 45.7 Å². The first-order valence-corrected chi connectivity index (χ1v) is 10.6. The van der Waals surface area contributed by atoms with Gasteiger partial charge in [-0.25, -0.2) is 0 Å². The molecule has 8 heteroatoms. The largest absolute Gasteiger partial charge is 0.338 e. The van der Waals surface area contributed by atoms with Gasteiger partial charge < -0.3 is 9.47 Å². The van der Waals surface area contributed by atoms with Crippen molar-refractivity contribution < 1.29 is 4.79 Å². The number of hydrogen-bond donors (Lipinski definition) is 0. The Hall–Kier alpha value is -2.22. The van der Waals surface area contributed by atoms with Crippen LogP contribution in [0.1, 0.15) is 67.0 Å². The van der Waals surface area contributed by atoms with Gasteiger partial charge in [-0.15, -0.1) is 10.2 Å². The third-order valence-electron chi connectivity index (χ3n) is 6.09. The topological polar surface area (TPSA) is 72.1 Å². The van der Waals surface area contributed by atoms with E-state index < -0.39 is 0 Å². The average molecular weight is 386 g/mol. The molecule has 0 aliphatic carbocycles. The Morgan fingerprint density at radius 2 is 1.96 bits per heavy atom. The number of nitrogens with zero attached hydrogens (tertiary/aromatic N) is 7. The Kier molecular flexibility index (Phi) is 5.75. The summed E-state index contributed by atoms with van der Waals surface area (Å²) in [4.78, 5) is 17.3. The number of hydrogen-bond acceptors (Lipinski definition) is 5. The molecule has 0 saturated carbocycles. The van der Waals surface area contributed by atoms with Crippen LogP contribution in [0.3, 0.4) is 0 Å². The molecule has 152 valence electrons. The molecule has 2 saturated heterocycles. The molecule has 0 spiro atoms. The zero-order chi connectivity index (χ0) is 19.5. The van der Waals surface area contributed by atoms with Gasteiger partial charge in [0.15, 0.2) is 0 Å². The van der Waals surface area contributed by atoms with E-state index in [1.54, 1.807) is 10.9 Å². The highest BCUT2D eigenvalue weighted by atomic mass is 16.2. The van der Waals surface area contributed by atoms with E-state index in [0.717, 1.165) is 57.2 Å². The van der Waals surface area contributed by atoms with Crippen LogP contribution >= 0.6 is 0 Å². The third-order valence-corrected chi connectivity index (χ3v) is 6.09. The van der Waals surface area contributed by atoms with Crippen molar-refractivity contribution in [1.29, 1.82) is 0 Å². The lowest BCUT2D eigenvalue weighted by Crippen LogP contribution is -2.39. The van der Waals surface area contributed by atoms with Gasteiger partial charge in [0.05, 0.1) is 18.3 Å². The average Bonchev–Trinajstić information content (AvgIpc) is 3.36. The summed E-state index contributed by atoms with van der Waals surface area (Å²) in [7, 11) is 2.07. The lowest BCUT2D eigenvalue weighted by molar-refractivity contribution is 0.0703. The van der Waals surface area contributed by atoms with Crippen LogP contribution in [-0.4, -0.2) is 66.4 Å². The Bertz CT molecular complexity index is 805. The zero-order valence-electron chi connectivity index (χ0n) is 17.0. The zero-order valence-corrected chi connectivity index (χ0v) is 17.0.